The van der Waals surface area contributed by atoms with E-state index in [1.54, 1.807) is 9.36 Å². The van der Waals surface area contributed by atoms with Crippen molar-refractivity contribution in [2.24, 2.45) is 0 Å². The molecule has 14 heteroatoms. The predicted octanol–water partition coefficient (Wildman–Crippen LogP) is 2.85. The van der Waals surface area contributed by atoms with Gasteiger partial charge in [-0.1, -0.05) is 0 Å². The van der Waals surface area contributed by atoms with Gasteiger partial charge in [0.1, 0.15) is 10.1 Å². The first-order chi connectivity index (χ1) is 14.7. The van der Waals surface area contributed by atoms with Crippen LogP contribution in [0.5, 0.6) is 0 Å². The third-order valence-electron chi connectivity index (χ3n) is 4.73. The van der Waals surface area contributed by atoms with E-state index in [0.29, 0.717) is 20.4 Å². The summed E-state index contributed by atoms with van der Waals surface area (Å²) in [6.07, 6.45) is 4.07. The summed E-state index contributed by atoms with van der Waals surface area (Å²) in [5.41, 5.74) is 0.487. The van der Waals surface area contributed by atoms with Gasteiger partial charge < -0.3 is 0 Å². The molecule has 2 aliphatic carbocycles. The molecule has 2 saturated carbocycles. The SMILES string of the molecule is Fc1cc2nc(Sc3nnnn3C3CC3)c(Sc3nnnn3C3CC3)nc2cc1F. The summed E-state index contributed by atoms with van der Waals surface area (Å²) in [5.74, 6) is -1.96. The fourth-order valence-electron chi connectivity index (χ4n) is 2.93. The van der Waals surface area contributed by atoms with Crippen LogP contribution in [0.15, 0.2) is 32.5 Å². The summed E-state index contributed by atoms with van der Waals surface area (Å²) in [6.45, 7) is 0. The number of tetrazole rings is 2. The lowest BCUT2D eigenvalue weighted by Gasteiger charge is -2.09. The van der Waals surface area contributed by atoms with Gasteiger partial charge >= 0.3 is 0 Å². The van der Waals surface area contributed by atoms with Crippen molar-refractivity contribution >= 4 is 34.6 Å². The van der Waals surface area contributed by atoms with Gasteiger partial charge in [-0.15, -0.1) is 10.2 Å². The molecule has 0 bridgehead atoms. The highest BCUT2D eigenvalue weighted by atomic mass is 32.2. The standard InChI is InChI=1S/C16H12F2N10S2/c17-9-5-11-12(6-10(9)18)20-14(30-16-22-24-26-28(16)8-3-4-8)13(19-11)29-15-21-23-25-27(15)7-1-2-7/h5-8H,1-4H2. The summed E-state index contributed by atoms with van der Waals surface area (Å²) >= 11 is 2.46. The summed E-state index contributed by atoms with van der Waals surface area (Å²) in [5, 5.41) is 25.9. The molecule has 0 N–H and O–H groups in total. The molecule has 0 atom stereocenters. The Morgan fingerprint density at radius 1 is 0.733 bits per heavy atom. The highest BCUT2D eigenvalue weighted by molar-refractivity contribution is 8.02. The molecule has 0 spiro atoms. The molecule has 0 amide bonds. The number of hydrogen-bond donors (Lipinski definition) is 0. The Bertz CT molecular complexity index is 1170. The van der Waals surface area contributed by atoms with Crippen LogP contribution in [0, 0.1) is 11.6 Å². The molecule has 3 heterocycles. The van der Waals surface area contributed by atoms with Crippen molar-refractivity contribution in [1.29, 1.82) is 0 Å². The quantitative estimate of drug-likeness (QED) is 0.438. The molecule has 30 heavy (non-hydrogen) atoms. The average Bonchev–Trinajstić information content (AvgIpc) is 3.66. The lowest BCUT2D eigenvalue weighted by molar-refractivity contribution is 0.510. The van der Waals surface area contributed by atoms with E-state index in [9.17, 15) is 8.78 Å². The Labute approximate surface area is 175 Å². The molecular weight excluding hydrogens is 434 g/mol. The van der Waals surface area contributed by atoms with Gasteiger partial charge in [0.15, 0.2) is 11.6 Å². The molecule has 0 saturated heterocycles. The second-order valence-electron chi connectivity index (χ2n) is 7.07. The maximum atomic E-state index is 13.8. The van der Waals surface area contributed by atoms with E-state index < -0.39 is 11.6 Å². The van der Waals surface area contributed by atoms with Gasteiger partial charge in [-0.2, -0.15) is 0 Å². The Hall–Kier alpha value is -2.74. The van der Waals surface area contributed by atoms with Gasteiger partial charge in [0, 0.05) is 12.1 Å². The van der Waals surface area contributed by atoms with Crippen molar-refractivity contribution in [3.63, 3.8) is 0 Å². The lowest BCUT2D eigenvalue weighted by atomic mass is 10.3. The number of aromatic nitrogens is 10. The first-order valence-electron chi connectivity index (χ1n) is 9.24. The molecule has 0 radical (unpaired) electrons. The smallest absolute Gasteiger partial charge is 0.215 e. The number of benzene rings is 1. The number of halogens is 2. The van der Waals surface area contributed by atoms with Crippen LogP contribution in [0.25, 0.3) is 11.0 Å². The number of fused-ring (bicyclic) bond motifs is 1. The fraction of sp³-hybridized carbons (Fsp3) is 0.375. The normalized spacial score (nSPS) is 16.5. The van der Waals surface area contributed by atoms with Gasteiger partial charge in [-0.05, 0) is 70.1 Å². The van der Waals surface area contributed by atoms with Gasteiger partial charge in [-0.25, -0.2) is 28.1 Å². The van der Waals surface area contributed by atoms with E-state index in [-0.39, 0.29) is 23.1 Å². The molecule has 3 aromatic heterocycles. The summed E-state index contributed by atoms with van der Waals surface area (Å²) < 4.78 is 31.0. The number of rotatable bonds is 6. The Morgan fingerprint density at radius 3 is 1.57 bits per heavy atom. The monoisotopic (exact) mass is 446 g/mol. The minimum atomic E-state index is -0.978. The fourth-order valence-corrected chi connectivity index (χ4v) is 4.79. The third-order valence-corrected chi connectivity index (χ3v) is 6.72. The van der Waals surface area contributed by atoms with Gasteiger partial charge in [0.25, 0.3) is 0 Å². The topological polar surface area (TPSA) is 113 Å². The van der Waals surface area contributed by atoms with Crippen molar-refractivity contribution in [3.8, 4) is 0 Å². The maximum absolute atomic E-state index is 13.8. The lowest BCUT2D eigenvalue weighted by Crippen LogP contribution is -2.02. The highest BCUT2D eigenvalue weighted by Gasteiger charge is 2.31. The van der Waals surface area contributed by atoms with Gasteiger partial charge in [0.05, 0.1) is 23.1 Å². The van der Waals surface area contributed by atoms with Crippen LogP contribution in [0.4, 0.5) is 8.78 Å². The largest absolute Gasteiger partial charge is 0.236 e. The van der Waals surface area contributed by atoms with Crippen molar-refractivity contribution in [1.82, 2.24) is 50.4 Å². The van der Waals surface area contributed by atoms with E-state index in [1.807, 2.05) is 0 Å². The highest BCUT2D eigenvalue weighted by Crippen LogP contribution is 2.42. The molecule has 0 unspecified atom stereocenters. The van der Waals surface area contributed by atoms with Crippen molar-refractivity contribution in [3.05, 3.63) is 23.8 Å². The Kier molecular flexibility index (Phi) is 4.16. The van der Waals surface area contributed by atoms with Crippen LogP contribution >= 0.6 is 23.5 Å². The van der Waals surface area contributed by atoms with Crippen LogP contribution in [-0.2, 0) is 0 Å². The Morgan fingerprint density at radius 2 is 1.17 bits per heavy atom. The van der Waals surface area contributed by atoms with E-state index in [4.69, 9.17) is 0 Å². The molecule has 10 nitrogen and oxygen atoms in total. The third kappa shape index (κ3) is 3.29. The molecule has 0 aliphatic heterocycles. The molecule has 2 aliphatic rings. The van der Waals surface area contributed by atoms with E-state index in [1.165, 1.54) is 23.5 Å². The van der Waals surface area contributed by atoms with Crippen molar-refractivity contribution in [2.75, 3.05) is 0 Å². The summed E-state index contributed by atoms with van der Waals surface area (Å²) in [6, 6.07) is 2.63. The first-order valence-corrected chi connectivity index (χ1v) is 10.9. The minimum Gasteiger partial charge on any atom is -0.236 e. The zero-order chi connectivity index (χ0) is 20.2. The number of hydrogen-bond acceptors (Lipinski definition) is 10. The first kappa shape index (κ1) is 18.1. The van der Waals surface area contributed by atoms with Crippen LogP contribution in [-0.4, -0.2) is 50.4 Å². The molecule has 6 rings (SSSR count). The van der Waals surface area contributed by atoms with Gasteiger partial charge in [0.2, 0.25) is 10.3 Å². The second kappa shape index (κ2) is 6.91. The van der Waals surface area contributed by atoms with Gasteiger partial charge in [-0.3, -0.25) is 0 Å². The minimum absolute atomic E-state index is 0.244. The van der Waals surface area contributed by atoms with Crippen LogP contribution in [0.2, 0.25) is 0 Å². The molecule has 4 aromatic rings. The summed E-state index contributed by atoms with van der Waals surface area (Å²) in [7, 11) is 0. The molecule has 1 aromatic carbocycles. The zero-order valence-corrected chi connectivity index (χ0v) is 16.8. The van der Waals surface area contributed by atoms with Crippen LogP contribution < -0.4 is 0 Å². The van der Waals surface area contributed by atoms with Crippen LogP contribution in [0.3, 0.4) is 0 Å². The van der Waals surface area contributed by atoms with Crippen molar-refractivity contribution < 1.29 is 8.78 Å². The van der Waals surface area contributed by atoms with E-state index in [2.05, 4.69) is 41.0 Å². The average molecular weight is 446 g/mol. The molecule has 152 valence electrons. The van der Waals surface area contributed by atoms with Crippen molar-refractivity contribution in [2.45, 2.75) is 58.1 Å². The number of nitrogens with zero attached hydrogens (tertiary/aromatic N) is 10. The zero-order valence-electron chi connectivity index (χ0n) is 15.2. The molecular formula is C16H12F2N10S2. The maximum Gasteiger partial charge on any atom is 0.215 e. The van der Waals surface area contributed by atoms with E-state index >= 15 is 0 Å². The van der Waals surface area contributed by atoms with Crippen LogP contribution in [0.1, 0.15) is 37.8 Å². The Balaban J connectivity index is 1.44. The molecule has 2 fully saturated rings. The predicted molar refractivity (Wildman–Crippen MR) is 99.9 cm³/mol. The summed E-state index contributed by atoms with van der Waals surface area (Å²) in [4.78, 5) is 9.06. The second-order valence-corrected chi connectivity index (χ2v) is 8.98. The van der Waals surface area contributed by atoms with E-state index in [0.717, 1.165) is 37.8 Å².